The van der Waals surface area contributed by atoms with E-state index >= 15 is 0 Å². The van der Waals surface area contributed by atoms with Crippen molar-refractivity contribution in [2.45, 2.75) is 25.4 Å². The Bertz CT molecular complexity index is 1330. The van der Waals surface area contributed by atoms with Crippen molar-refractivity contribution in [3.63, 3.8) is 0 Å². The van der Waals surface area contributed by atoms with Crippen LogP contribution in [0.1, 0.15) is 12.5 Å². The number of aromatic nitrogens is 2. The number of sulfonamides is 1. The van der Waals surface area contributed by atoms with Crippen LogP contribution < -0.4 is 9.64 Å². The zero-order valence-electron chi connectivity index (χ0n) is 21.0. The van der Waals surface area contributed by atoms with Gasteiger partial charge in [0.25, 0.3) is 0 Å². The summed E-state index contributed by atoms with van der Waals surface area (Å²) in [6.07, 6.45) is 4.92. The molecule has 0 spiro atoms. The van der Waals surface area contributed by atoms with E-state index in [4.69, 9.17) is 37.4 Å². The van der Waals surface area contributed by atoms with Crippen LogP contribution in [0.4, 0.5) is 5.69 Å². The molecular weight excluding hydrogens is 551 g/mol. The maximum atomic E-state index is 12.1. The van der Waals surface area contributed by atoms with Gasteiger partial charge in [0.05, 0.1) is 30.3 Å². The summed E-state index contributed by atoms with van der Waals surface area (Å²) < 4.78 is 46.4. The molecule has 2 aliphatic heterocycles. The minimum absolute atomic E-state index is 0.131. The molecule has 0 N–H and O–H groups in total. The number of rotatable bonds is 9. The smallest absolute Gasteiger partial charge is 0.215 e. The molecule has 2 aromatic carbocycles. The van der Waals surface area contributed by atoms with E-state index in [1.807, 2.05) is 41.1 Å². The van der Waals surface area contributed by atoms with Gasteiger partial charge in [0.2, 0.25) is 15.8 Å². The zero-order valence-corrected chi connectivity index (χ0v) is 23.3. The molecule has 2 atom stereocenters. The van der Waals surface area contributed by atoms with Gasteiger partial charge in [-0.2, -0.15) is 4.31 Å². The molecule has 3 aromatic rings. The Labute approximate surface area is 232 Å². The van der Waals surface area contributed by atoms with Gasteiger partial charge in [0.1, 0.15) is 18.5 Å². The van der Waals surface area contributed by atoms with Gasteiger partial charge in [-0.05, 0) is 43.3 Å². The van der Waals surface area contributed by atoms with E-state index in [1.165, 1.54) is 0 Å². The van der Waals surface area contributed by atoms with Crippen molar-refractivity contribution in [3.8, 4) is 5.75 Å². The van der Waals surface area contributed by atoms with Crippen LogP contribution >= 0.6 is 23.2 Å². The van der Waals surface area contributed by atoms with Crippen LogP contribution in [0.25, 0.3) is 0 Å². The fourth-order valence-electron chi connectivity index (χ4n) is 4.72. The second-order valence-electron chi connectivity index (χ2n) is 9.25. The second kappa shape index (κ2) is 11.4. The fraction of sp³-hybridized carbons (Fsp3) is 0.423. The summed E-state index contributed by atoms with van der Waals surface area (Å²) in [5.74, 6) is -0.263. The highest BCUT2D eigenvalue weighted by Gasteiger charge is 2.45. The summed E-state index contributed by atoms with van der Waals surface area (Å²) in [6, 6.07) is 13.1. The first-order valence-corrected chi connectivity index (χ1v) is 14.8. The highest BCUT2D eigenvalue weighted by Crippen LogP contribution is 2.40. The molecule has 2 fully saturated rings. The number of imidazole rings is 1. The lowest BCUT2D eigenvalue weighted by Gasteiger charge is -2.35. The normalized spacial score (nSPS) is 22.6. The molecule has 1 aromatic heterocycles. The molecule has 0 bridgehead atoms. The van der Waals surface area contributed by atoms with Gasteiger partial charge < -0.3 is 23.7 Å². The fourth-order valence-corrected chi connectivity index (χ4v) is 6.36. The molecule has 0 saturated carbocycles. The molecule has 0 radical (unpaired) electrons. The van der Waals surface area contributed by atoms with Crippen molar-refractivity contribution in [2.75, 3.05) is 50.0 Å². The molecule has 3 heterocycles. The van der Waals surface area contributed by atoms with Crippen molar-refractivity contribution in [2.24, 2.45) is 0 Å². The first-order valence-electron chi connectivity index (χ1n) is 12.5. The maximum absolute atomic E-state index is 12.1. The quantitative estimate of drug-likeness (QED) is 0.378. The lowest BCUT2D eigenvalue weighted by molar-refractivity contribution is -0.189. The minimum atomic E-state index is -3.15. The van der Waals surface area contributed by atoms with Gasteiger partial charge in [-0.3, -0.25) is 0 Å². The molecule has 9 nitrogen and oxygen atoms in total. The van der Waals surface area contributed by atoms with Gasteiger partial charge in [-0.1, -0.05) is 29.3 Å². The Morgan fingerprint density at radius 1 is 1.11 bits per heavy atom. The summed E-state index contributed by atoms with van der Waals surface area (Å²) in [4.78, 5) is 6.30. The Morgan fingerprint density at radius 3 is 2.53 bits per heavy atom. The number of hydrogen-bond donors (Lipinski definition) is 0. The average molecular weight is 582 g/mol. The van der Waals surface area contributed by atoms with Crippen LogP contribution in [0.15, 0.2) is 61.2 Å². The Morgan fingerprint density at radius 2 is 1.87 bits per heavy atom. The van der Waals surface area contributed by atoms with Crippen molar-refractivity contribution in [1.29, 1.82) is 0 Å². The predicted octanol–water partition coefficient (Wildman–Crippen LogP) is 4.01. The Kier molecular flexibility index (Phi) is 8.18. The Balaban J connectivity index is 1.20. The van der Waals surface area contributed by atoms with E-state index in [0.717, 1.165) is 5.69 Å². The molecule has 38 heavy (non-hydrogen) atoms. The van der Waals surface area contributed by atoms with Crippen molar-refractivity contribution < 1.29 is 22.6 Å². The second-order valence-corrected chi connectivity index (χ2v) is 12.4. The maximum Gasteiger partial charge on any atom is 0.215 e. The van der Waals surface area contributed by atoms with E-state index in [0.29, 0.717) is 67.3 Å². The molecule has 2 aliphatic rings. The number of hydrogen-bond acceptors (Lipinski definition) is 7. The lowest BCUT2D eigenvalue weighted by Crippen LogP contribution is -2.49. The van der Waals surface area contributed by atoms with Crippen LogP contribution in [0.2, 0.25) is 10.0 Å². The van der Waals surface area contributed by atoms with Crippen LogP contribution in [0.3, 0.4) is 0 Å². The summed E-state index contributed by atoms with van der Waals surface area (Å²) in [5.41, 5.74) is 1.72. The van der Waals surface area contributed by atoms with Gasteiger partial charge in [0, 0.05) is 54.8 Å². The van der Waals surface area contributed by atoms with Crippen LogP contribution in [-0.4, -0.2) is 73.5 Å². The first-order chi connectivity index (χ1) is 18.3. The molecule has 12 heteroatoms. The van der Waals surface area contributed by atoms with Gasteiger partial charge in [-0.15, -0.1) is 0 Å². The van der Waals surface area contributed by atoms with Gasteiger partial charge in [-0.25, -0.2) is 13.4 Å². The number of halogens is 2. The number of ether oxygens (including phenoxy) is 3. The van der Waals surface area contributed by atoms with E-state index in [-0.39, 0.29) is 11.9 Å². The van der Waals surface area contributed by atoms with E-state index in [2.05, 4.69) is 9.88 Å². The largest absolute Gasteiger partial charge is 0.491 e. The topological polar surface area (TPSA) is 86.1 Å². The minimum Gasteiger partial charge on any atom is -0.491 e. The summed E-state index contributed by atoms with van der Waals surface area (Å²) >= 11 is 12.7. The third-order valence-electron chi connectivity index (χ3n) is 6.79. The number of nitrogens with zero attached hydrogens (tertiary/aromatic N) is 4. The molecular formula is C26H30Cl2N4O5S. The molecule has 204 valence electrons. The van der Waals surface area contributed by atoms with Crippen molar-refractivity contribution in [1.82, 2.24) is 13.9 Å². The zero-order chi connectivity index (χ0) is 26.8. The predicted molar refractivity (Wildman–Crippen MR) is 146 cm³/mol. The van der Waals surface area contributed by atoms with Crippen molar-refractivity contribution in [3.05, 3.63) is 76.8 Å². The van der Waals surface area contributed by atoms with Crippen LogP contribution in [-0.2, 0) is 31.8 Å². The third-order valence-corrected chi connectivity index (χ3v) is 9.21. The number of anilines is 1. The number of piperazine rings is 1. The van der Waals surface area contributed by atoms with Crippen LogP contribution in [0.5, 0.6) is 5.75 Å². The van der Waals surface area contributed by atoms with Gasteiger partial charge >= 0.3 is 0 Å². The number of benzene rings is 2. The first kappa shape index (κ1) is 27.2. The molecule has 2 saturated heterocycles. The average Bonchev–Trinajstić information content (AvgIpc) is 3.58. The summed E-state index contributed by atoms with van der Waals surface area (Å²) in [5, 5.41) is 0.994. The monoisotopic (exact) mass is 580 g/mol. The van der Waals surface area contributed by atoms with E-state index < -0.39 is 15.8 Å². The highest BCUT2D eigenvalue weighted by molar-refractivity contribution is 7.89. The van der Waals surface area contributed by atoms with Crippen LogP contribution in [0, 0.1) is 0 Å². The molecule has 0 amide bonds. The highest BCUT2D eigenvalue weighted by atomic mass is 35.5. The van der Waals surface area contributed by atoms with E-state index in [9.17, 15) is 8.42 Å². The molecule has 5 rings (SSSR count). The Hall–Kier alpha value is -2.34. The summed E-state index contributed by atoms with van der Waals surface area (Å²) in [7, 11) is -3.15. The van der Waals surface area contributed by atoms with Gasteiger partial charge in [0.15, 0.2) is 0 Å². The molecule has 0 aliphatic carbocycles. The standard InChI is InChI=1S/C26H30Cl2N4O5S/c1-2-38(33,34)32-13-11-31(12-14-32)21-4-6-22(7-5-21)35-16-23-17-36-26(37-23,18-30-10-9-29-19-30)24-8-3-20(27)15-25(24)28/h3-10,15,19,23H,2,11-14,16-18H2,1H3. The SMILES string of the molecule is CCS(=O)(=O)N1CCN(c2ccc(OCC3COC(Cn4ccnc4)(c4ccc(Cl)cc4Cl)O3)cc2)CC1. The third kappa shape index (κ3) is 5.95. The lowest BCUT2D eigenvalue weighted by atomic mass is 10.1. The van der Waals surface area contributed by atoms with Crippen molar-refractivity contribution >= 4 is 38.9 Å². The van der Waals surface area contributed by atoms with E-state index in [1.54, 1.807) is 35.9 Å². The summed E-state index contributed by atoms with van der Waals surface area (Å²) in [6.45, 7) is 4.96. The molecule has 2 unspecified atom stereocenters.